The van der Waals surface area contributed by atoms with Gasteiger partial charge in [-0.3, -0.25) is 4.79 Å². The summed E-state index contributed by atoms with van der Waals surface area (Å²) in [5.41, 5.74) is 0. The highest BCUT2D eigenvalue weighted by atomic mass is 16.1. The Morgan fingerprint density at radius 3 is 2.36 bits per heavy atom. The van der Waals surface area contributed by atoms with Crippen molar-refractivity contribution >= 4 is 5.78 Å². The Bertz CT molecular complexity index is 183. The van der Waals surface area contributed by atoms with Gasteiger partial charge in [0.15, 0.2) is 0 Å². The third kappa shape index (κ3) is 6.92. The zero-order valence-electron chi connectivity index (χ0n) is 7.64. The van der Waals surface area contributed by atoms with Crippen LogP contribution in [0.2, 0.25) is 0 Å². The molecule has 0 saturated heterocycles. The first-order valence-corrected chi connectivity index (χ1v) is 3.74. The Balaban J connectivity index is 3.81. The predicted molar refractivity (Wildman–Crippen MR) is 45.9 cm³/mol. The molecular formula is C9H15NO. The minimum absolute atomic E-state index is 0.0219. The molecular weight excluding hydrogens is 138 g/mol. The van der Waals surface area contributed by atoms with Crippen LogP contribution in [0.4, 0.5) is 0 Å². The van der Waals surface area contributed by atoms with Crippen molar-refractivity contribution in [1.29, 1.82) is 0 Å². The SMILES string of the molecule is CC(C)CC(=O)C#CN(C)C. The van der Waals surface area contributed by atoms with Crippen molar-refractivity contribution in [2.24, 2.45) is 5.92 Å². The second-order valence-corrected chi connectivity index (χ2v) is 3.15. The fraction of sp³-hybridized carbons (Fsp3) is 0.667. The molecule has 0 atom stereocenters. The predicted octanol–water partition coefficient (Wildman–Crippen LogP) is 1.12. The number of nitrogens with zero attached hydrogens (tertiary/aromatic N) is 1. The Morgan fingerprint density at radius 2 is 2.00 bits per heavy atom. The zero-order valence-corrected chi connectivity index (χ0v) is 7.64. The average molecular weight is 153 g/mol. The Labute approximate surface area is 68.6 Å². The molecule has 0 aliphatic rings. The molecule has 0 rings (SSSR count). The normalized spacial score (nSPS) is 8.82. The molecule has 0 aliphatic carbocycles. The Hall–Kier alpha value is -0.970. The smallest absolute Gasteiger partial charge is 0.207 e. The van der Waals surface area contributed by atoms with E-state index >= 15 is 0 Å². The van der Waals surface area contributed by atoms with Crippen molar-refractivity contribution in [2.75, 3.05) is 14.1 Å². The average Bonchev–Trinajstić information content (AvgIpc) is 1.82. The number of rotatable bonds is 2. The van der Waals surface area contributed by atoms with Gasteiger partial charge in [0.25, 0.3) is 0 Å². The standard InChI is InChI=1S/C9H15NO/c1-8(2)7-9(11)5-6-10(3)4/h8H,7H2,1-4H3. The van der Waals surface area contributed by atoms with Gasteiger partial charge in [0.1, 0.15) is 0 Å². The van der Waals surface area contributed by atoms with Crippen molar-refractivity contribution in [2.45, 2.75) is 20.3 Å². The third-order valence-corrected chi connectivity index (χ3v) is 1.01. The minimum atomic E-state index is 0.0219. The molecule has 0 amide bonds. The van der Waals surface area contributed by atoms with E-state index in [0.717, 1.165) is 0 Å². The van der Waals surface area contributed by atoms with E-state index in [2.05, 4.69) is 12.0 Å². The molecule has 0 N–H and O–H groups in total. The molecule has 0 spiro atoms. The molecule has 0 unspecified atom stereocenters. The monoisotopic (exact) mass is 153 g/mol. The van der Waals surface area contributed by atoms with Crippen LogP contribution in [0.5, 0.6) is 0 Å². The molecule has 2 heteroatoms. The van der Waals surface area contributed by atoms with E-state index in [4.69, 9.17) is 0 Å². The quantitative estimate of drug-likeness (QED) is 0.438. The molecule has 0 bridgehead atoms. The summed E-state index contributed by atoms with van der Waals surface area (Å²) in [6, 6.07) is 2.68. The first-order valence-electron chi connectivity index (χ1n) is 3.74. The first-order chi connectivity index (χ1) is 5.02. The van der Waals surface area contributed by atoms with Crippen molar-refractivity contribution in [3.05, 3.63) is 0 Å². The number of hydrogen-bond acceptors (Lipinski definition) is 2. The summed E-state index contributed by atoms with van der Waals surface area (Å²) in [6.07, 6.45) is 0.556. The zero-order chi connectivity index (χ0) is 8.85. The largest absolute Gasteiger partial charge is 0.338 e. The van der Waals surface area contributed by atoms with Gasteiger partial charge >= 0.3 is 0 Å². The third-order valence-electron chi connectivity index (χ3n) is 1.01. The van der Waals surface area contributed by atoms with E-state index < -0.39 is 0 Å². The molecule has 11 heavy (non-hydrogen) atoms. The molecule has 62 valence electrons. The summed E-state index contributed by atoms with van der Waals surface area (Å²) >= 11 is 0. The van der Waals surface area contributed by atoms with Crippen LogP contribution < -0.4 is 0 Å². The lowest BCUT2D eigenvalue weighted by Gasteiger charge is -1.99. The fourth-order valence-electron chi connectivity index (χ4n) is 0.596. The first kappa shape index (κ1) is 10.0. The van der Waals surface area contributed by atoms with Crippen LogP contribution in [-0.4, -0.2) is 24.8 Å². The number of hydrogen-bond donors (Lipinski definition) is 0. The van der Waals surface area contributed by atoms with E-state index in [-0.39, 0.29) is 5.78 Å². The minimum Gasteiger partial charge on any atom is -0.338 e. The molecule has 0 aromatic carbocycles. The van der Waals surface area contributed by atoms with Crippen LogP contribution in [0.1, 0.15) is 20.3 Å². The second-order valence-electron chi connectivity index (χ2n) is 3.15. The molecule has 2 nitrogen and oxygen atoms in total. The molecule has 0 fully saturated rings. The van der Waals surface area contributed by atoms with E-state index in [1.807, 2.05) is 27.9 Å². The van der Waals surface area contributed by atoms with Crippen molar-refractivity contribution in [3.8, 4) is 12.0 Å². The van der Waals surface area contributed by atoms with Crippen LogP contribution in [-0.2, 0) is 4.79 Å². The van der Waals surface area contributed by atoms with Gasteiger partial charge in [0, 0.05) is 26.6 Å². The summed E-state index contributed by atoms with van der Waals surface area (Å²) in [4.78, 5) is 12.6. The maximum Gasteiger partial charge on any atom is 0.207 e. The number of ketones is 1. The van der Waals surface area contributed by atoms with Gasteiger partial charge in [0.05, 0.1) is 0 Å². The van der Waals surface area contributed by atoms with Crippen LogP contribution in [0.25, 0.3) is 0 Å². The number of carbonyl (C=O) groups is 1. The van der Waals surface area contributed by atoms with Gasteiger partial charge in [0.2, 0.25) is 5.78 Å². The van der Waals surface area contributed by atoms with E-state index in [1.165, 1.54) is 0 Å². The summed E-state index contributed by atoms with van der Waals surface area (Å²) in [6.45, 7) is 4.02. The van der Waals surface area contributed by atoms with Crippen molar-refractivity contribution in [3.63, 3.8) is 0 Å². The Kier molecular flexibility index (Phi) is 4.36. The lowest BCUT2D eigenvalue weighted by atomic mass is 10.1. The highest BCUT2D eigenvalue weighted by Crippen LogP contribution is 1.98. The second kappa shape index (κ2) is 4.79. The molecule has 0 heterocycles. The van der Waals surface area contributed by atoms with Crippen molar-refractivity contribution in [1.82, 2.24) is 4.90 Å². The van der Waals surface area contributed by atoms with Gasteiger partial charge in [-0.15, -0.1) is 0 Å². The van der Waals surface area contributed by atoms with Gasteiger partial charge in [-0.25, -0.2) is 0 Å². The summed E-state index contributed by atoms with van der Waals surface area (Å²) in [5, 5.41) is 0. The number of Topliss-reactive ketones (excluding diaryl/α,β-unsaturated/α-hetero) is 1. The molecule has 0 saturated carbocycles. The highest BCUT2D eigenvalue weighted by Gasteiger charge is 1.99. The lowest BCUT2D eigenvalue weighted by Crippen LogP contribution is -2.04. The molecule has 0 aromatic rings. The topological polar surface area (TPSA) is 20.3 Å². The maximum atomic E-state index is 11.0. The van der Waals surface area contributed by atoms with Gasteiger partial charge in [-0.2, -0.15) is 0 Å². The Morgan fingerprint density at radius 1 is 1.45 bits per heavy atom. The van der Waals surface area contributed by atoms with Crippen LogP contribution in [0.3, 0.4) is 0 Å². The van der Waals surface area contributed by atoms with E-state index in [9.17, 15) is 4.79 Å². The van der Waals surface area contributed by atoms with Gasteiger partial charge in [-0.1, -0.05) is 13.8 Å². The number of carbonyl (C=O) groups excluding carboxylic acids is 1. The fourth-order valence-corrected chi connectivity index (χ4v) is 0.596. The van der Waals surface area contributed by atoms with E-state index in [1.54, 1.807) is 4.90 Å². The van der Waals surface area contributed by atoms with Crippen LogP contribution in [0, 0.1) is 17.9 Å². The van der Waals surface area contributed by atoms with Gasteiger partial charge < -0.3 is 4.90 Å². The van der Waals surface area contributed by atoms with Crippen molar-refractivity contribution < 1.29 is 4.79 Å². The molecule has 0 aromatic heterocycles. The van der Waals surface area contributed by atoms with E-state index in [0.29, 0.717) is 12.3 Å². The maximum absolute atomic E-state index is 11.0. The van der Waals surface area contributed by atoms with Crippen LogP contribution in [0.15, 0.2) is 0 Å². The summed E-state index contributed by atoms with van der Waals surface area (Å²) in [7, 11) is 3.63. The summed E-state index contributed by atoms with van der Waals surface area (Å²) in [5.74, 6) is 2.97. The van der Waals surface area contributed by atoms with Crippen LogP contribution >= 0.6 is 0 Å². The highest BCUT2D eigenvalue weighted by molar-refractivity contribution is 5.95. The lowest BCUT2D eigenvalue weighted by molar-refractivity contribution is -0.114. The molecule has 0 radical (unpaired) electrons. The van der Waals surface area contributed by atoms with Gasteiger partial charge in [-0.05, 0) is 11.8 Å². The molecule has 0 aliphatic heterocycles. The summed E-state index contributed by atoms with van der Waals surface area (Å²) < 4.78 is 0.